The van der Waals surface area contributed by atoms with Gasteiger partial charge >= 0.3 is 0 Å². The van der Waals surface area contributed by atoms with Crippen LogP contribution in [0.15, 0.2) is 70.0 Å². The summed E-state index contributed by atoms with van der Waals surface area (Å²) in [6, 6.07) is 13.3. The minimum Gasteiger partial charge on any atom is -0.450 e. The number of rotatable bonds is 5. The molecule has 6 heteroatoms. The number of carbonyl (C=O) groups is 1. The molecule has 0 aliphatic carbocycles. The van der Waals surface area contributed by atoms with E-state index in [2.05, 4.69) is 26.3 Å². The van der Waals surface area contributed by atoms with Crippen molar-refractivity contribution in [1.29, 1.82) is 0 Å². The molecule has 2 aromatic heterocycles. The van der Waals surface area contributed by atoms with E-state index in [4.69, 9.17) is 4.42 Å². The second kappa shape index (κ2) is 7.11. The molecule has 0 atom stereocenters. The number of nitrogens with one attached hydrogen (secondary N) is 1. The van der Waals surface area contributed by atoms with Gasteiger partial charge in [-0.1, -0.05) is 12.1 Å². The van der Waals surface area contributed by atoms with Gasteiger partial charge in [-0.15, -0.1) is 0 Å². The summed E-state index contributed by atoms with van der Waals surface area (Å²) >= 11 is 3.21. The van der Waals surface area contributed by atoms with Crippen LogP contribution in [0.1, 0.15) is 11.3 Å². The number of amides is 1. The summed E-state index contributed by atoms with van der Waals surface area (Å²) in [4.78, 5) is 11.8. The Bertz CT molecular complexity index is 805. The number of furan rings is 1. The third kappa shape index (κ3) is 4.20. The van der Waals surface area contributed by atoms with E-state index < -0.39 is 0 Å². The highest BCUT2D eigenvalue weighted by Gasteiger charge is 2.00. The maximum absolute atomic E-state index is 11.8. The minimum atomic E-state index is -0.173. The molecule has 23 heavy (non-hydrogen) atoms. The highest BCUT2D eigenvalue weighted by Crippen LogP contribution is 2.15. The third-order valence-corrected chi connectivity index (χ3v) is 3.59. The molecule has 0 unspecified atom stereocenters. The van der Waals surface area contributed by atoms with Gasteiger partial charge in [-0.3, -0.25) is 4.79 Å². The van der Waals surface area contributed by atoms with Crippen molar-refractivity contribution < 1.29 is 9.21 Å². The molecule has 3 rings (SSSR count). The van der Waals surface area contributed by atoms with Crippen molar-refractivity contribution in [1.82, 2.24) is 15.1 Å². The van der Waals surface area contributed by atoms with Crippen LogP contribution in [0.2, 0.25) is 0 Å². The Morgan fingerprint density at radius 2 is 2.09 bits per heavy atom. The molecule has 3 aromatic rings. The van der Waals surface area contributed by atoms with E-state index in [0.29, 0.717) is 17.0 Å². The molecular weight excluding hydrogens is 358 g/mol. The monoisotopic (exact) mass is 371 g/mol. The Morgan fingerprint density at radius 3 is 2.74 bits per heavy atom. The molecular formula is C17H14BrN3O2. The fraction of sp³-hybridized carbons (Fsp3) is 0.0588. The predicted octanol–water partition coefficient (Wildman–Crippen LogP) is 3.56. The van der Waals surface area contributed by atoms with Crippen molar-refractivity contribution in [2.24, 2.45) is 0 Å². The fourth-order valence-corrected chi connectivity index (χ4v) is 2.33. The summed E-state index contributed by atoms with van der Waals surface area (Å²) in [5.41, 5.74) is 2.00. The van der Waals surface area contributed by atoms with E-state index in [0.717, 1.165) is 11.3 Å². The number of nitrogens with zero attached hydrogens (tertiary/aromatic N) is 2. The van der Waals surface area contributed by atoms with E-state index in [1.54, 1.807) is 29.1 Å². The summed E-state index contributed by atoms with van der Waals surface area (Å²) < 4.78 is 7.71. The van der Waals surface area contributed by atoms with Crippen LogP contribution < -0.4 is 5.32 Å². The largest absolute Gasteiger partial charge is 0.450 e. The van der Waals surface area contributed by atoms with Crippen molar-refractivity contribution in [3.05, 3.63) is 76.9 Å². The van der Waals surface area contributed by atoms with E-state index >= 15 is 0 Å². The number of benzene rings is 1. The van der Waals surface area contributed by atoms with Crippen LogP contribution in [0.25, 0.3) is 11.8 Å². The standard InChI is InChI=1S/C17H14BrN3O2/c18-16-8-6-15(23-16)7-9-17(22)19-12-13-2-4-14(5-3-13)21-11-1-10-20-21/h1-11H,12H2,(H,19,22). The normalized spacial score (nSPS) is 11.0. The maximum Gasteiger partial charge on any atom is 0.244 e. The SMILES string of the molecule is O=C(C=Cc1ccc(Br)o1)NCc1ccc(-n2cccn2)cc1. The van der Waals surface area contributed by atoms with Crippen molar-refractivity contribution in [3.8, 4) is 5.69 Å². The van der Waals surface area contributed by atoms with Crippen LogP contribution in [-0.4, -0.2) is 15.7 Å². The molecule has 0 saturated carbocycles. The Labute approximate surface area is 141 Å². The zero-order valence-electron chi connectivity index (χ0n) is 12.1. The van der Waals surface area contributed by atoms with Crippen molar-refractivity contribution in [2.45, 2.75) is 6.54 Å². The molecule has 0 spiro atoms. The molecule has 2 heterocycles. The zero-order valence-corrected chi connectivity index (χ0v) is 13.7. The maximum atomic E-state index is 11.8. The van der Waals surface area contributed by atoms with Gasteiger partial charge in [0.15, 0.2) is 4.67 Å². The lowest BCUT2D eigenvalue weighted by molar-refractivity contribution is -0.116. The highest BCUT2D eigenvalue weighted by molar-refractivity contribution is 9.10. The predicted molar refractivity (Wildman–Crippen MR) is 90.9 cm³/mol. The summed E-state index contributed by atoms with van der Waals surface area (Å²) in [6.07, 6.45) is 6.69. The van der Waals surface area contributed by atoms with Crippen molar-refractivity contribution >= 4 is 27.9 Å². The molecule has 1 aromatic carbocycles. The van der Waals surface area contributed by atoms with Crippen LogP contribution >= 0.6 is 15.9 Å². The molecule has 0 aliphatic heterocycles. The number of hydrogen-bond donors (Lipinski definition) is 1. The zero-order chi connectivity index (χ0) is 16.1. The Balaban J connectivity index is 1.53. The first-order valence-electron chi connectivity index (χ1n) is 7.01. The molecule has 0 aliphatic rings. The first kappa shape index (κ1) is 15.3. The van der Waals surface area contributed by atoms with Crippen molar-refractivity contribution in [3.63, 3.8) is 0 Å². The van der Waals surface area contributed by atoms with Gasteiger partial charge in [0.2, 0.25) is 5.91 Å². The fourth-order valence-electron chi connectivity index (χ4n) is 2.01. The van der Waals surface area contributed by atoms with Crippen LogP contribution in [0.4, 0.5) is 0 Å². The summed E-state index contributed by atoms with van der Waals surface area (Å²) in [5.74, 6) is 0.448. The number of aromatic nitrogens is 2. The molecule has 0 saturated heterocycles. The van der Waals surface area contributed by atoms with Gasteiger partial charge in [-0.25, -0.2) is 4.68 Å². The van der Waals surface area contributed by atoms with Gasteiger partial charge in [0.1, 0.15) is 5.76 Å². The van der Waals surface area contributed by atoms with Crippen LogP contribution in [0, 0.1) is 0 Å². The van der Waals surface area contributed by atoms with E-state index in [-0.39, 0.29) is 5.91 Å². The highest BCUT2D eigenvalue weighted by atomic mass is 79.9. The lowest BCUT2D eigenvalue weighted by atomic mass is 10.2. The van der Waals surface area contributed by atoms with Gasteiger partial charge in [-0.2, -0.15) is 5.10 Å². The summed E-state index contributed by atoms with van der Waals surface area (Å²) in [7, 11) is 0. The van der Waals surface area contributed by atoms with E-state index in [1.807, 2.05) is 36.5 Å². The van der Waals surface area contributed by atoms with E-state index in [1.165, 1.54) is 6.08 Å². The van der Waals surface area contributed by atoms with Crippen LogP contribution in [0.3, 0.4) is 0 Å². The lowest BCUT2D eigenvalue weighted by Crippen LogP contribution is -2.20. The average molecular weight is 372 g/mol. The van der Waals surface area contributed by atoms with Gasteiger partial charge in [0.25, 0.3) is 0 Å². The second-order valence-electron chi connectivity index (χ2n) is 4.81. The molecule has 5 nitrogen and oxygen atoms in total. The van der Waals surface area contributed by atoms with Crippen LogP contribution in [-0.2, 0) is 11.3 Å². The first-order valence-corrected chi connectivity index (χ1v) is 7.80. The number of carbonyl (C=O) groups excluding carboxylic acids is 1. The molecule has 1 amide bonds. The van der Waals surface area contributed by atoms with Gasteiger partial charge < -0.3 is 9.73 Å². The van der Waals surface area contributed by atoms with Crippen molar-refractivity contribution in [2.75, 3.05) is 0 Å². The van der Waals surface area contributed by atoms with Gasteiger partial charge in [0, 0.05) is 25.0 Å². The van der Waals surface area contributed by atoms with Gasteiger partial charge in [0.05, 0.1) is 5.69 Å². The average Bonchev–Trinajstić information content (AvgIpc) is 3.23. The third-order valence-electron chi connectivity index (χ3n) is 3.16. The van der Waals surface area contributed by atoms with E-state index in [9.17, 15) is 4.79 Å². The molecule has 1 N–H and O–H groups in total. The molecule has 0 fully saturated rings. The Morgan fingerprint density at radius 1 is 1.26 bits per heavy atom. The second-order valence-corrected chi connectivity index (χ2v) is 5.59. The quantitative estimate of drug-likeness (QED) is 0.697. The molecule has 0 radical (unpaired) electrons. The first-order chi connectivity index (χ1) is 11.2. The molecule has 0 bridgehead atoms. The Hall–Kier alpha value is -2.60. The Kier molecular flexibility index (Phi) is 4.73. The summed E-state index contributed by atoms with van der Waals surface area (Å²) in [5, 5.41) is 7.00. The van der Waals surface area contributed by atoms with Crippen LogP contribution in [0.5, 0.6) is 0 Å². The van der Waals surface area contributed by atoms with Gasteiger partial charge in [-0.05, 0) is 57.9 Å². The molecule has 116 valence electrons. The lowest BCUT2D eigenvalue weighted by Gasteiger charge is -2.05. The summed E-state index contributed by atoms with van der Waals surface area (Å²) in [6.45, 7) is 0.463. The number of halogens is 1. The topological polar surface area (TPSA) is 60.1 Å². The minimum absolute atomic E-state index is 0.173. The smallest absolute Gasteiger partial charge is 0.244 e. The number of hydrogen-bond acceptors (Lipinski definition) is 3.